The number of aromatic nitrogens is 2. The van der Waals surface area contributed by atoms with Crippen LogP contribution >= 0.6 is 23.2 Å². The minimum atomic E-state index is 0.233. The van der Waals surface area contributed by atoms with Crippen LogP contribution < -0.4 is 0 Å². The summed E-state index contributed by atoms with van der Waals surface area (Å²) in [4.78, 5) is 10.8. The molecule has 1 aliphatic rings. The van der Waals surface area contributed by atoms with E-state index in [0.29, 0.717) is 11.1 Å². The van der Waals surface area contributed by atoms with E-state index in [4.69, 9.17) is 23.2 Å². The molecule has 2 heterocycles. The Bertz CT molecular complexity index is 616. The van der Waals surface area contributed by atoms with Gasteiger partial charge in [0.2, 0.25) is 5.28 Å². The molecule has 1 aromatic carbocycles. The van der Waals surface area contributed by atoms with Crippen molar-refractivity contribution in [1.29, 1.82) is 0 Å². The molecule has 3 nitrogen and oxygen atoms in total. The van der Waals surface area contributed by atoms with Crippen LogP contribution in [0.4, 0.5) is 0 Å². The molecule has 5 heteroatoms. The first kappa shape index (κ1) is 13.8. The maximum absolute atomic E-state index is 6.22. The lowest BCUT2D eigenvalue weighted by Gasteiger charge is -2.32. The van der Waals surface area contributed by atoms with E-state index in [9.17, 15) is 0 Å². The second-order valence-electron chi connectivity index (χ2n) is 5.20. The molecule has 1 aromatic heterocycles. The van der Waals surface area contributed by atoms with Crippen LogP contribution in [0, 0.1) is 0 Å². The van der Waals surface area contributed by atoms with E-state index in [2.05, 4.69) is 46.1 Å². The molecule has 1 unspecified atom stereocenters. The van der Waals surface area contributed by atoms with Crippen LogP contribution in [0.5, 0.6) is 0 Å². The smallest absolute Gasteiger partial charge is 0.224 e. The molecule has 0 amide bonds. The zero-order valence-electron chi connectivity index (χ0n) is 11.2. The highest BCUT2D eigenvalue weighted by molar-refractivity contribution is 6.32. The number of rotatable bonds is 2. The van der Waals surface area contributed by atoms with Gasteiger partial charge in [0.05, 0.1) is 5.69 Å². The predicted molar refractivity (Wildman–Crippen MR) is 81.0 cm³/mol. The number of hydrogen-bond acceptors (Lipinski definition) is 3. The van der Waals surface area contributed by atoms with Gasteiger partial charge in [-0.05, 0) is 17.2 Å². The summed E-state index contributed by atoms with van der Waals surface area (Å²) < 4.78 is 0. The molecule has 0 spiro atoms. The number of fused-ring (bicyclic) bond motifs is 1. The Morgan fingerprint density at radius 1 is 1.20 bits per heavy atom. The van der Waals surface area contributed by atoms with E-state index in [1.807, 2.05) is 6.07 Å². The second-order valence-corrected chi connectivity index (χ2v) is 5.90. The van der Waals surface area contributed by atoms with Gasteiger partial charge in [-0.2, -0.15) is 0 Å². The van der Waals surface area contributed by atoms with Crippen molar-refractivity contribution in [1.82, 2.24) is 14.9 Å². The second kappa shape index (κ2) is 5.68. The van der Waals surface area contributed by atoms with E-state index in [0.717, 1.165) is 30.9 Å². The monoisotopic (exact) mass is 307 g/mol. The van der Waals surface area contributed by atoms with E-state index < -0.39 is 0 Å². The Hall–Kier alpha value is -1.16. The summed E-state index contributed by atoms with van der Waals surface area (Å²) in [6, 6.07) is 10.4. The topological polar surface area (TPSA) is 29.0 Å². The fourth-order valence-electron chi connectivity index (χ4n) is 2.72. The van der Waals surface area contributed by atoms with Crippen molar-refractivity contribution in [3.05, 3.63) is 57.6 Å². The normalized spacial score (nSPS) is 18.9. The fourth-order valence-corrected chi connectivity index (χ4v) is 3.18. The predicted octanol–water partition coefficient (Wildman–Crippen LogP) is 3.90. The first-order valence-corrected chi connectivity index (χ1v) is 7.37. The van der Waals surface area contributed by atoms with Crippen LogP contribution in [0.1, 0.15) is 29.7 Å². The van der Waals surface area contributed by atoms with Gasteiger partial charge in [-0.1, -0.05) is 48.9 Å². The van der Waals surface area contributed by atoms with E-state index >= 15 is 0 Å². The molecule has 0 N–H and O–H groups in total. The molecule has 1 atom stereocenters. The summed E-state index contributed by atoms with van der Waals surface area (Å²) >= 11 is 12.1. The van der Waals surface area contributed by atoms with Crippen molar-refractivity contribution in [2.45, 2.75) is 25.9 Å². The van der Waals surface area contributed by atoms with Crippen LogP contribution in [-0.2, 0) is 13.1 Å². The average molecular weight is 308 g/mol. The van der Waals surface area contributed by atoms with Gasteiger partial charge in [0.15, 0.2) is 0 Å². The fraction of sp³-hybridized carbons (Fsp3) is 0.333. The molecular formula is C15H15Cl2N3. The minimum Gasteiger partial charge on any atom is -0.294 e. The third-order valence-electron chi connectivity index (χ3n) is 3.59. The maximum atomic E-state index is 6.22. The molecule has 3 rings (SSSR count). The van der Waals surface area contributed by atoms with Gasteiger partial charge >= 0.3 is 0 Å². The number of nitrogens with zero attached hydrogens (tertiary/aromatic N) is 3. The molecule has 0 saturated heterocycles. The standard InChI is InChI=1S/C15H15Cl2N3/c1-10-7-20(8-11-5-3-2-4-6-11)9-12-13(10)18-15(17)19-14(12)16/h2-6,10H,7-9H2,1H3. The van der Waals surface area contributed by atoms with Gasteiger partial charge < -0.3 is 0 Å². The molecule has 2 aromatic rings. The summed E-state index contributed by atoms with van der Waals surface area (Å²) in [6.45, 7) is 4.77. The van der Waals surface area contributed by atoms with Crippen LogP contribution in [0.15, 0.2) is 30.3 Å². The molecular weight excluding hydrogens is 293 g/mol. The van der Waals surface area contributed by atoms with Crippen molar-refractivity contribution >= 4 is 23.2 Å². The number of halogens is 2. The average Bonchev–Trinajstić information content (AvgIpc) is 2.41. The van der Waals surface area contributed by atoms with Crippen molar-refractivity contribution in [2.75, 3.05) is 6.54 Å². The van der Waals surface area contributed by atoms with Crippen LogP contribution in [-0.4, -0.2) is 21.4 Å². The molecule has 20 heavy (non-hydrogen) atoms. The van der Waals surface area contributed by atoms with Gasteiger partial charge in [-0.3, -0.25) is 4.90 Å². The molecule has 0 saturated carbocycles. The highest BCUT2D eigenvalue weighted by Gasteiger charge is 2.26. The highest BCUT2D eigenvalue weighted by atomic mass is 35.5. The molecule has 0 bridgehead atoms. The van der Waals surface area contributed by atoms with Crippen LogP contribution in [0.25, 0.3) is 0 Å². The van der Waals surface area contributed by atoms with E-state index in [1.54, 1.807) is 0 Å². The summed E-state index contributed by atoms with van der Waals surface area (Å²) in [5.74, 6) is 0.306. The third-order valence-corrected chi connectivity index (χ3v) is 4.07. The Morgan fingerprint density at radius 3 is 2.70 bits per heavy atom. The highest BCUT2D eigenvalue weighted by Crippen LogP contribution is 2.31. The zero-order valence-corrected chi connectivity index (χ0v) is 12.7. The molecule has 104 valence electrons. The lowest BCUT2D eigenvalue weighted by atomic mass is 9.97. The van der Waals surface area contributed by atoms with Crippen molar-refractivity contribution in [3.63, 3.8) is 0 Å². The summed E-state index contributed by atoms with van der Waals surface area (Å²) in [5, 5.41) is 0.710. The lowest BCUT2D eigenvalue weighted by molar-refractivity contribution is 0.223. The Labute approximate surface area is 128 Å². The molecule has 0 radical (unpaired) electrons. The van der Waals surface area contributed by atoms with E-state index in [1.165, 1.54) is 5.56 Å². The van der Waals surface area contributed by atoms with Crippen molar-refractivity contribution < 1.29 is 0 Å². The number of benzene rings is 1. The third kappa shape index (κ3) is 2.80. The Balaban J connectivity index is 1.85. The van der Waals surface area contributed by atoms with Gasteiger partial charge in [0.25, 0.3) is 0 Å². The van der Waals surface area contributed by atoms with Crippen molar-refractivity contribution in [2.24, 2.45) is 0 Å². The van der Waals surface area contributed by atoms with Crippen LogP contribution in [0.3, 0.4) is 0 Å². The Kier molecular flexibility index (Phi) is 3.92. The summed E-state index contributed by atoms with van der Waals surface area (Å²) in [7, 11) is 0. The minimum absolute atomic E-state index is 0.233. The van der Waals surface area contributed by atoms with Gasteiger partial charge in [0, 0.05) is 31.1 Å². The lowest BCUT2D eigenvalue weighted by Crippen LogP contribution is -2.33. The zero-order chi connectivity index (χ0) is 14.1. The summed E-state index contributed by atoms with van der Waals surface area (Å²) in [6.07, 6.45) is 0. The van der Waals surface area contributed by atoms with Gasteiger partial charge in [0.1, 0.15) is 5.15 Å². The SMILES string of the molecule is CC1CN(Cc2ccccc2)Cc2c(Cl)nc(Cl)nc21. The van der Waals surface area contributed by atoms with E-state index in [-0.39, 0.29) is 5.28 Å². The van der Waals surface area contributed by atoms with Crippen LogP contribution in [0.2, 0.25) is 10.4 Å². The largest absolute Gasteiger partial charge is 0.294 e. The molecule has 0 fully saturated rings. The first-order chi connectivity index (χ1) is 9.63. The number of hydrogen-bond donors (Lipinski definition) is 0. The Morgan fingerprint density at radius 2 is 1.95 bits per heavy atom. The van der Waals surface area contributed by atoms with Gasteiger partial charge in [-0.25, -0.2) is 9.97 Å². The maximum Gasteiger partial charge on any atom is 0.224 e. The van der Waals surface area contributed by atoms with Crippen molar-refractivity contribution in [3.8, 4) is 0 Å². The quantitative estimate of drug-likeness (QED) is 0.622. The first-order valence-electron chi connectivity index (χ1n) is 6.61. The summed E-state index contributed by atoms with van der Waals surface area (Å²) in [5.41, 5.74) is 3.29. The molecule has 1 aliphatic heterocycles. The molecule has 0 aliphatic carbocycles. The van der Waals surface area contributed by atoms with Gasteiger partial charge in [-0.15, -0.1) is 0 Å².